The van der Waals surface area contributed by atoms with Crippen LogP contribution in [0.2, 0.25) is 0 Å². The molecule has 0 bridgehead atoms. The number of benzene rings is 3. The largest absolute Gasteiger partial charge is 0.493 e. The molecule has 0 radical (unpaired) electrons. The summed E-state index contributed by atoms with van der Waals surface area (Å²) >= 11 is 0. The molecule has 0 spiro atoms. The van der Waals surface area contributed by atoms with Crippen molar-refractivity contribution >= 4 is 6.21 Å². The Hall–Kier alpha value is -4.18. The molecule has 0 unspecified atom stereocenters. The van der Waals surface area contributed by atoms with Crippen molar-refractivity contribution in [3.05, 3.63) is 82.9 Å². The molecule has 0 aliphatic heterocycles. The van der Waals surface area contributed by atoms with Gasteiger partial charge in [-0.2, -0.15) is 10.4 Å². The average molecular weight is 446 g/mol. The molecule has 7 nitrogen and oxygen atoms in total. The van der Waals surface area contributed by atoms with Crippen molar-refractivity contribution in [2.24, 2.45) is 5.10 Å². The second kappa shape index (κ2) is 12.0. The van der Waals surface area contributed by atoms with Crippen LogP contribution in [0, 0.1) is 11.3 Å². The van der Waals surface area contributed by atoms with Gasteiger partial charge in [-0.05, 0) is 54.4 Å². The van der Waals surface area contributed by atoms with Gasteiger partial charge < -0.3 is 24.4 Å². The second-order valence-electron chi connectivity index (χ2n) is 6.98. The van der Waals surface area contributed by atoms with Crippen LogP contribution >= 0.6 is 0 Å². The molecule has 3 aromatic rings. The van der Waals surface area contributed by atoms with Gasteiger partial charge in [0.2, 0.25) is 0 Å². The van der Waals surface area contributed by atoms with Gasteiger partial charge in [0.15, 0.2) is 23.0 Å². The maximum Gasteiger partial charge on any atom is 0.161 e. The summed E-state index contributed by atoms with van der Waals surface area (Å²) in [5, 5.41) is 13.6. The minimum absolute atomic E-state index is 0.282. The van der Waals surface area contributed by atoms with E-state index in [2.05, 4.69) is 16.6 Å². The van der Waals surface area contributed by atoms with E-state index in [1.165, 1.54) is 0 Å². The zero-order chi connectivity index (χ0) is 23.5. The molecule has 0 fully saturated rings. The van der Waals surface area contributed by atoms with E-state index in [1.54, 1.807) is 26.5 Å². The molecule has 0 aliphatic rings. The Morgan fingerprint density at radius 1 is 0.909 bits per heavy atom. The summed E-state index contributed by atoms with van der Waals surface area (Å²) in [4.78, 5) is 0. The van der Waals surface area contributed by atoms with Gasteiger partial charge in [0.25, 0.3) is 0 Å². The first kappa shape index (κ1) is 23.5. The lowest BCUT2D eigenvalue weighted by Gasteiger charge is -2.13. The van der Waals surface area contributed by atoms with Crippen molar-refractivity contribution in [1.82, 2.24) is 5.43 Å². The number of ether oxygens (including phenoxy) is 4. The maximum atomic E-state index is 9.25. The van der Waals surface area contributed by atoms with Crippen molar-refractivity contribution in [2.75, 3.05) is 20.8 Å². The number of hydrogen-bond acceptors (Lipinski definition) is 7. The molecular weight excluding hydrogens is 418 g/mol. The van der Waals surface area contributed by atoms with E-state index in [0.717, 1.165) is 16.7 Å². The smallest absolute Gasteiger partial charge is 0.161 e. The molecule has 0 amide bonds. The van der Waals surface area contributed by atoms with Crippen LogP contribution in [0.25, 0.3) is 0 Å². The van der Waals surface area contributed by atoms with Gasteiger partial charge in [-0.15, -0.1) is 0 Å². The van der Waals surface area contributed by atoms with E-state index < -0.39 is 0 Å². The SMILES string of the molecule is CCOc1cc(/C=N/NCc2ccc(OC)c(OC)c2)ccc1OCc1ccccc1C#N. The zero-order valence-corrected chi connectivity index (χ0v) is 19.0. The zero-order valence-electron chi connectivity index (χ0n) is 19.0. The number of methoxy groups -OCH3 is 2. The van der Waals surface area contributed by atoms with Crippen molar-refractivity contribution in [3.8, 4) is 29.1 Å². The molecule has 0 saturated heterocycles. The number of hydrogen-bond donors (Lipinski definition) is 1. The molecule has 0 atom stereocenters. The predicted octanol–water partition coefficient (Wildman–Crippen LogP) is 4.68. The summed E-state index contributed by atoms with van der Waals surface area (Å²) in [5.41, 5.74) is 6.34. The first-order valence-corrected chi connectivity index (χ1v) is 10.5. The molecule has 3 rings (SSSR count). The van der Waals surface area contributed by atoms with Gasteiger partial charge in [-0.1, -0.05) is 24.3 Å². The van der Waals surface area contributed by atoms with Crippen LogP contribution < -0.4 is 24.4 Å². The van der Waals surface area contributed by atoms with Gasteiger partial charge in [0.1, 0.15) is 6.61 Å². The highest BCUT2D eigenvalue weighted by Gasteiger charge is 2.08. The number of nitriles is 1. The van der Waals surface area contributed by atoms with Crippen LogP contribution in [0.5, 0.6) is 23.0 Å². The molecule has 170 valence electrons. The third kappa shape index (κ3) is 6.40. The van der Waals surface area contributed by atoms with Gasteiger partial charge in [0.05, 0.1) is 45.2 Å². The van der Waals surface area contributed by atoms with E-state index >= 15 is 0 Å². The van der Waals surface area contributed by atoms with Crippen LogP contribution in [0.15, 0.2) is 65.8 Å². The molecule has 0 aromatic heterocycles. The Labute approximate surface area is 194 Å². The highest BCUT2D eigenvalue weighted by molar-refractivity contribution is 5.80. The molecule has 0 aliphatic carbocycles. The van der Waals surface area contributed by atoms with Gasteiger partial charge in [-0.3, -0.25) is 0 Å². The molecule has 3 aromatic carbocycles. The highest BCUT2D eigenvalue weighted by atomic mass is 16.5. The van der Waals surface area contributed by atoms with Gasteiger partial charge in [-0.25, -0.2) is 0 Å². The minimum Gasteiger partial charge on any atom is -0.493 e. The van der Waals surface area contributed by atoms with Crippen molar-refractivity contribution in [1.29, 1.82) is 5.26 Å². The Morgan fingerprint density at radius 3 is 2.45 bits per heavy atom. The van der Waals surface area contributed by atoms with Crippen LogP contribution in [0.1, 0.15) is 29.2 Å². The normalized spacial score (nSPS) is 10.5. The first-order valence-electron chi connectivity index (χ1n) is 10.5. The van der Waals surface area contributed by atoms with E-state index in [1.807, 2.05) is 61.5 Å². The Balaban J connectivity index is 1.63. The summed E-state index contributed by atoms with van der Waals surface area (Å²) in [6.45, 7) is 3.24. The fourth-order valence-electron chi connectivity index (χ4n) is 3.15. The summed E-state index contributed by atoms with van der Waals surface area (Å²) in [6.07, 6.45) is 1.72. The summed E-state index contributed by atoms with van der Waals surface area (Å²) in [7, 11) is 3.22. The van der Waals surface area contributed by atoms with Crippen molar-refractivity contribution < 1.29 is 18.9 Å². The van der Waals surface area contributed by atoms with Crippen LogP contribution in [0.4, 0.5) is 0 Å². The van der Waals surface area contributed by atoms with Crippen molar-refractivity contribution in [3.63, 3.8) is 0 Å². The topological polar surface area (TPSA) is 85.1 Å². The van der Waals surface area contributed by atoms with Crippen LogP contribution in [0.3, 0.4) is 0 Å². The number of hydrazone groups is 1. The monoisotopic (exact) mass is 445 g/mol. The van der Waals surface area contributed by atoms with E-state index in [0.29, 0.717) is 41.7 Å². The fourth-order valence-corrected chi connectivity index (χ4v) is 3.15. The van der Waals surface area contributed by atoms with Gasteiger partial charge >= 0.3 is 0 Å². The molecular formula is C26H27N3O4. The lowest BCUT2D eigenvalue weighted by molar-refractivity contribution is 0.269. The predicted molar refractivity (Wildman–Crippen MR) is 127 cm³/mol. The third-order valence-electron chi connectivity index (χ3n) is 4.82. The third-order valence-corrected chi connectivity index (χ3v) is 4.82. The minimum atomic E-state index is 0.282. The van der Waals surface area contributed by atoms with E-state index in [-0.39, 0.29) is 6.61 Å². The fraction of sp³-hybridized carbons (Fsp3) is 0.231. The number of rotatable bonds is 11. The molecule has 33 heavy (non-hydrogen) atoms. The summed E-state index contributed by atoms with van der Waals surface area (Å²) in [6, 6.07) is 20.9. The Morgan fingerprint density at radius 2 is 1.70 bits per heavy atom. The van der Waals surface area contributed by atoms with E-state index in [4.69, 9.17) is 18.9 Å². The standard InChI is InChI=1S/C26H27N3O4/c1-4-32-26-14-20(10-12-24(26)33-18-22-8-6-5-7-21(22)15-27)17-29-28-16-19-9-11-23(30-2)25(13-19)31-3/h5-14,17,28H,4,16,18H2,1-3H3/b29-17+. The second-order valence-corrected chi connectivity index (χ2v) is 6.98. The highest BCUT2D eigenvalue weighted by Crippen LogP contribution is 2.29. The summed E-state index contributed by atoms with van der Waals surface area (Å²) < 4.78 is 22.3. The first-order chi connectivity index (χ1) is 16.2. The Kier molecular flexibility index (Phi) is 8.55. The maximum absolute atomic E-state index is 9.25. The number of nitrogens with one attached hydrogen (secondary N) is 1. The lowest BCUT2D eigenvalue weighted by atomic mass is 10.1. The quantitative estimate of drug-likeness (QED) is 0.341. The molecule has 1 N–H and O–H groups in total. The molecule has 7 heteroatoms. The molecule has 0 saturated carbocycles. The lowest BCUT2D eigenvalue weighted by Crippen LogP contribution is -2.06. The van der Waals surface area contributed by atoms with Gasteiger partial charge in [0, 0.05) is 5.56 Å². The van der Waals surface area contributed by atoms with Crippen LogP contribution in [-0.2, 0) is 13.2 Å². The van der Waals surface area contributed by atoms with E-state index in [9.17, 15) is 5.26 Å². The van der Waals surface area contributed by atoms with Crippen LogP contribution in [-0.4, -0.2) is 27.0 Å². The average Bonchev–Trinajstić information content (AvgIpc) is 2.86. The van der Waals surface area contributed by atoms with Crippen molar-refractivity contribution in [2.45, 2.75) is 20.1 Å². The number of nitrogens with zero attached hydrogens (tertiary/aromatic N) is 2. The summed E-state index contributed by atoms with van der Waals surface area (Å²) in [5.74, 6) is 2.59. The Bertz CT molecular complexity index is 1140. The molecule has 0 heterocycles.